The lowest BCUT2D eigenvalue weighted by molar-refractivity contribution is -0.131. The van der Waals surface area contributed by atoms with Gasteiger partial charge in [-0.15, -0.1) is 18.1 Å². The summed E-state index contributed by atoms with van der Waals surface area (Å²) in [6.45, 7) is 10.3. The largest absolute Gasteiger partial charge is 0.697 e. The lowest BCUT2D eigenvalue weighted by Gasteiger charge is -2.24. The number of ether oxygens (including phenoxy) is 11. The molecule has 2 saturated heterocycles. The lowest BCUT2D eigenvalue weighted by atomic mass is 10.0. The molecular weight excluding hydrogens is 1420 g/mol. The fourth-order valence-electron chi connectivity index (χ4n) is 10.7. The molecule has 2 aromatic carbocycles. The SMILES string of the molecule is COCCOCCOCCOCCOCCOCCOCCOCCC(=O)NCCC(=O)N[C@H](C(=O)N[C@@H](C)C(=O)Nc1ccc(COC(=O)N(C)Cc2ccccc2C(=O)Nc2nc3c(ncn3[C@@H]3O[C@@H]4CO[P+](=O)O[C@H]5C[C@H](Oc6ccncn6)C[C@@H]5CO[P+](=O)O[C@@H]3[C@@H]4O)c(=O)[nH]2)cc1)C(C)C. The molecule has 3 aromatic heterocycles. The van der Waals surface area contributed by atoms with Gasteiger partial charge in [-0.1, -0.05) is 44.2 Å². The maximum atomic E-state index is 14.0. The number of nitrogens with one attached hydrogen (secondary N) is 6. The van der Waals surface area contributed by atoms with Crippen molar-refractivity contribution in [3.05, 3.63) is 100 Å². The lowest BCUT2D eigenvalue weighted by Crippen LogP contribution is -2.54. The molecule has 3 fully saturated rings. The maximum Gasteiger partial charge on any atom is 0.697 e. The van der Waals surface area contributed by atoms with Crippen LogP contribution in [-0.2, 0) is 107 Å². The number of H-pyrrole nitrogens is 1. The number of imidazole rings is 1. The summed E-state index contributed by atoms with van der Waals surface area (Å²) < 4.78 is 111. The highest BCUT2D eigenvalue weighted by Crippen LogP contribution is 2.45. The molecule has 574 valence electrons. The third-order valence-corrected chi connectivity index (χ3v) is 17.8. The van der Waals surface area contributed by atoms with Crippen LogP contribution in [0.4, 0.5) is 16.4 Å². The van der Waals surface area contributed by atoms with Gasteiger partial charge >= 0.3 is 22.6 Å². The molecule has 6 amide bonds. The van der Waals surface area contributed by atoms with E-state index in [1.54, 1.807) is 69.5 Å². The number of amides is 6. The minimum Gasteiger partial charge on any atom is -0.474 e. The van der Waals surface area contributed by atoms with Crippen molar-refractivity contribution in [2.75, 3.05) is 144 Å². The molecule has 39 heteroatoms. The molecule has 8 rings (SSSR count). The summed E-state index contributed by atoms with van der Waals surface area (Å²) in [4.78, 5) is 113. The summed E-state index contributed by atoms with van der Waals surface area (Å²) in [5, 5.41) is 24.8. The van der Waals surface area contributed by atoms with Gasteiger partial charge in [0.2, 0.25) is 35.5 Å². The number of benzene rings is 2. The Morgan fingerprint density at radius 1 is 0.724 bits per heavy atom. The van der Waals surface area contributed by atoms with Crippen LogP contribution in [0.2, 0.25) is 0 Å². The van der Waals surface area contributed by atoms with Gasteiger partial charge in [0.25, 0.3) is 11.5 Å². The van der Waals surface area contributed by atoms with Gasteiger partial charge in [0.1, 0.15) is 62.6 Å². The van der Waals surface area contributed by atoms with E-state index in [0.717, 1.165) is 0 Å². The smallest absolute Gasteiger partial charge is 0.474 e. The Morgan fingerprint density at radius 2 is 1.36 bits per heavy atom. The Bertz CT molecular complexity index is 3660. The molecule has 37 nitrogen and oxygen atoms in total. The van der Waals surface area contributed by atoms with Crippen molar-refractivity contribution in [3.8, 4) is 5.88 Å². The third-order valence-electron chi connectivity index (χ3n) is 16.2. The number of carbonyl (C=O) groups excluding carboxylic acids is 6. The van der Waals surface area contributed by atoms with Gasteiger partial charge in [-0.05, 0) is 48.6 Å². The van der Waals surface area contributed by atoms with Crippen LogP contribution in [-0.4, -0.2) is 251 Å². The molecule has 1 aliphatic carbocycles. The first-order valence-corrected chi connectivity index (χ1v) is 36.4. The first-order valence-electron chi connectivity index (χ1n) is 34.2. The fraction of sp³-hybridized carbons (Fsp3) is 0.591. The first-order chi connectivity index (χ1) is 50.8. The molecule has 1 saturated carbocycles. The van der Waals surface area contributed by atoms with Crippen molar-refractivity contribution >= 4 is 74.9 Å². The van der Waals surface area contributed by atoms with Crippen LogP contribution in [0.5, 0.6) is 5.88 Å². The van der Waals surface area contributed by atoms with Gasteiger partial charge in [-0.2, -0.15) is 4.98 Å². The minimum absolute atomic E-state index is 0.0212. The number of rotatable bonds is 42. The normalized spacial score (nSPS) is 20.2. The topological polar surface area (TPSA) is 448 Å². The zero-order chi connectivity index (χ0) is 74.9. The van der Waals surface area contributed by atoms with Gasteiger partial charge in [-0.3, -0.25) is 43.6 Å². The quantitative estimate of drug-likeness (QED) is 0.0217. The molecule has 3 aliphatic rings. The van der Waals surface area contributed by atoms with Gasteiger partial charge in [0, 0.05) is 85.1 Å². The van der Waals surface area contributed by atoms with E-state index in [2.05, 4.69) is 51.5 Å². The Kier molecular flexibility index (Phi) is 34.7. The molecule has 5 aromatic rings. The molecule has 105 heavy (non-hydrogen) atoms. The van der Waals surface area contributed by atoms with Crippen LogP contribution in [0, 0.1) is 11.8 Å². The second kappa shape index (κ2) is 44.2. The van der Waals surface area contributed by atoms with Crippen LogP contribution < -0.4 is 36.9 Å². The molecule has 0 radical (unpaired) electrons. The number of anilines is 2. The standard InChI is InChI=1S/C66H90N12O25P2/c1-42(2)55(73-53(80)14-18-68-52(79)16-19-90-22-23-92-26-27-94-30-31-96-33-32-95-29-28-93-25-24-91-21-20-89-5)62(84)71-43(3)60(82)72-47-12-10-44(11-13-47)37-97-66(86)77(4)36-45-8-6-7-9-49(45)61(83)75-65-74-59-56(63(85)76-65)70-41-78(59)64-58-57(81)51(101-64)39-99-104(87)102-50-35-48(100-54-15-17-67-40-69-54)34-46(50)38-98-105(88)103-58/h6-13,15,17,40-43,46,48,50-51,55,57-58,64,81H,14,16,18-39H2,1-5H3,(H4-2,68,71,72,73,74,75,76,79,80,82,83,84,85)/p+2/t43-,46+,48+,50-,51+,55-,57+,58+,64+/m0/s1. The van der Waals surface area contributed by atoms with E-state index in [0.29, 0.717) is 115 Å². The van der Waals surface area contributed by atoms with Crippen molar-refractivity contribution in [2.24, 2.45) is 11.8 Å². The van der Waals surface area contributed by atoms with E-state index < -0.39 is 113 Å². The highest BCUT2D eigenvalue weighted by atomic mass is 31.1. The predicted molar refractivity (Wildman–Crippen MR) is 369 cm³/mol. The first kappa shape index (κ1) is 82.6. The number of hydrogen-bond acceptors (Lipinski definition) is 29. The van der Waals surface area contributed by atoms with Gasteiger partial charge in [0.05, 0.1) is 105 Å². The highest BCUT2D eigenvalue weighted by molar-refractivity contribution is 7.33. The zero-order valence-electron chi connectivity index (χ0n) is 59.0. The number of nitrogens with zero attached hydrogens (tertiary/aromatic N) is 6. The molecule has 2 bridgehead atoms. The Balaban J connectivity index is 0.699. The maximum absolute atomic E-state index is 14.0. The number of hydrogen-bond donors (Lipinski definition) is 7. The fourth-order valence-corrected chi connectivity index (χ4v) is 12.3. The molecule has 2 aliphatic heterocycles. The van der Waals surface area contributed by atoms with Crippen molar-refractivity contribution in [1.29, 1.82) is 0 Å². The molecule has 0 spiro atoms. The number of aliphatic hydroxyl groups is 1. The number of carbonyl (C=O) groups is 6. The van der Waals surface area contributed by atoms with E-state index in [1.807, 2.05) is 0 Å². The van der Waals surface area contributed by atoms with Crippen molar-refractivity contribution in [2.45, 2.75) is 108 Å². The van der Waals surface area contributed by atoms with E-state index in [9.17, 15) is 47.8 Å². The number of methoxy groups -OCH3 is 1. The number of aliphatic hydroxyl groups excluding tert-OH is 1. The Morgan fingerprint density at radius 3 is 2.01 bits per heavy atom. The summed E-state index contributed by atoms with van der Waals surface area (Å²) in [5.41, 5.74) is 0.281. The average Bonchev–Trinajstić information content (AvgIpc) is 1.63. The van der Waals surface area contributed by atoms with Crippen LogP contribution in [0.3, 0.4) is 0 Å². The van der Waals surface area contributed by atoms with Gasteiger partial charge < -0.3 is 83.4 Å². The highest BCUT2D eigenvalue weighted by Gasteiger charge is 2.54. The summed E-state index contributed by atoms with van der Waals surface area (Å²) in [7, 11) is -2.65. The second-order valence-electron chi connectivity index (χ2n) is 24.4. The van der Waals surface area contributed by atoms with E-state index in [-0.39, 0.29) is 93.3 Å². The van der Waals surface area contributed by atoms with Crippen molar-refractivity contribution in [3.63, 3.8) is 0 Å². The van der Waals surface area contributed by atoms with Crippen LogP contribution >= 0.6 is 16.5 Å². The molecule has 2 unspecified atom stereocenters. The molecule has 5 heterocycles. The number of fused-ring (bicyclic) bond motifs is 4. The Hall–Kier alpha value is -8.07. The summed E-state index contributed by atoms with van der Waals surface area (Å²) in [5.74, 6) is -3.51. The van der Waals surface area contributed by atoms with Crippen molar-refractivity contribution < 1.29 is 113 Å². The summed E-state index contributed by atoms with van der Waals surface area (Å²) in [6, 6.07) is 12.3. The van der Waals surface area contributed by atoms with Crippen LogP contribution in [0.15, 0.2) is 78.2 Å². The molecular formula is C66H92N12O25P2+2. The third kappa shape index (κ3) is 27.3. The number of aromatic nitrogens is 6. The van der Waals surface area contributed by atoms with E-state index in [4.69, 9.17) is 70.2 Å². The number of aromatic amines is 1. The van der Waals surface area contributed by atoms with Crippen LogP contribution in [0.1, 0.15) is 74.2 Å². The zero-order valence-corrected chi connectivity index (χ0v) is 60.8. The summed E-state index contributed by atoms with van der Waals surface area (Å²) in [6.07, 6.45) is -2.88. The minimum atomic E-state index is -2.95. The van der Waals surface area contributed by atoms with Crippen LogP contribution in [0.25, 0.3) is 11.2 Å². The van der Waals surface area contributed by atoms with Gasteiger partial charge in [-0.25, -0.2) is 19.7 Å². The van der Waals surface area contributed by atoms with Crippen molar-refractivity contribution in [1.82, 2.24) is 50.3 Å². The predicted octanol–water partition coefficient (Wildman–Crippen LogP) is 3.42. The molecule has 7 N–H and O–H groups in total. The Labute approximate surface area is 606 Å². The van der Waals surface area contributed by atoms with E-state index in [1.165, 1.54) is 48.4 Å². The molecule has 11 atom stereocenters. The van der Waals surface area contributed by atoms with E-state index >= 15 is 0 Å². The summed E-state index contributed by atoms with van der Waals surface area (Å²) >= 11 is 0. The monoisotopic (exact) mass is 1510 g/mol. The second-order valence-corrected chi connectivity index (χ2v) is 26.3. The van der Waals surface area contributed by atoms with Gasteiger partial charge in [0.15, 0.2) is 23.5 Å². The average molecular weight is 1520 g/mol.